The lowest BCUT2D eigenvalue weighted by molar-refractivity contribution is 0.0674. The Labute approximate surface area is 230 Å². The number of halogens is 2. The fraction of sp³-hybridized carbons (Fsp3) is 0.333. The van der Waals surface area contributed by atoms with E-state index in [1.54, 1.807) is 30.7 Å². The maximum Gasteiger partial charge on any atom is 0.229 e. The minimum Gasteiger partial charge on any atom is -0.381 e. The molecule has 2 atom stereocenters. The normalized spacial score (nSPS) is 20.6. The van der Waals surface area contributed by atoms with Gasteiger partial charge in [0.25, 0.3) is 0 Å². The molecule has 204 valence electrons. The van der Waals surface area contributed by atoms with Crippen LogP contribution in [-0.4, -0.2) is 38.8 Å². The number of nitrogens with one attached hydrogen (secondary N) is 1. The Morgan fingerprint density at radius 1 is 1.15 bits per heavy atom. The zero-order valence-corrected chi connectivity index (χ0v) is 22.1. The van der Waals surface area contributed by atoms with Crippen LogP contribution in [0.3, 0.4) is 0 Å². The first-order chi connectivity index (χ1) is 19.4. The Hall–Kier alpha value is -4.20. The molecule has 0 radical (unpaired) electrons. The van der Waals surface area contributed by atoms with Gasteiger partial charge in [0.15, 0.2) is 0 Å². The van der Waals surface area contributed by atoms with Gasteiger partial charge < -0.3 is 15.8 Å². The minimum atomic E-state index is -0.977. The highest BCUT2D eigenvalue weighted by Gasteiger charge is 2.36. The second-order valence-corrected chi connectivity index (χ2v) is 10.7. The Morgan fingerprint density at radius 3 is 2.65 bits per heavy atom. The Morgan fingerprint density at radius 2 is 1.93 bits per heavy atom. The first-order valence-corrected chi connectivity index (χ1v) is 13.3. The Bertz CT molecular complexity index is 1630. The summed E-state index contributed by atoms with van der Waals surface area (Å²) in [5, 5.41) is 17.7. The highest BCUT2D eigenvalue weighted by Crippen LogP contribution is 2.38. The standard InChI is InChI=1S/C30H29F2N7O/c1-18-10-19(12-21(34)11-18)23-4-7-35-16-27(23)37-29-36-15-22-2-3-26(38-39(22)29)28-24(31)13-20(14-25(28)32)30(17-33)5-8-40-9-6-30/h2-4,7,11,13-16,19,21H,5-6,8-10,12,34H2,1H3,(H,36,37)/t19-,21+/m1/s1. The lowest BCUT2D eigenvalue weighted by Crippen LogP contribution is -2.32. The van der Waals surface area contributed by atoms with Crippen LogP contribution in [0.25, 0.3) is 16.8 Å². The number of nitrogens with zero attached hydrogens (tertiary/aromatic N) is 5. The number of pyridine rings is 1. The van der Waals surface area contributed by atoms with Gasteiger partial charge in [0.05, 0.1) is 46.3 Å². The number of hydrogen-bond donors (Lipinski definition) is 2. The van der Waals surface area contributed by atoms with Gasteiger partial charge in [0.1, 0.15) is 11.6 Å². The molecule has 0 bridgehead atoms. The van der Waals surface area contributed by atoms with Gasteiger partial charge in [0.2, 0.25) is 5.95 Å². The van der Waals surface area contributed by atoms with E-state index in [-0.39, 0.29) is 23.2 Å². The molecule has 1 aromatic carbocycles. The van der Waals surface area contributed by atoms with Gasteiger partial charge in [-0.25, -0.2) is 13.8 Å². The van der Waals surface area contributed by atoms with Crippen LogP contribution >= 0.6 is 0 Å². The van der Waals surface area contributed by atoms with E-state index in [4.69, 9.17) is 10.5 Å². The lowest BCUT2D eigenvalue weighted by Gasteiger charge is -2.31. The highest BCUT2D eigenvalue weighted by atomic mass is 19.1. The summed E-state index contributed by atoms with van der Waals surface area (Å²) >= 11 is 0. The molecule has 1 aliphatic heterocycles. The number of allylic oxidation sites excluding steroid dienone is 1. The Balaban J connectivity index is 1.35. The number of benzene rings is 1. The molecule has 1 aliphatic carbocycles. The van der Waals surface area contributed by atoms with Crippen LogP contribution in [0.1, 0.15) is 49.7 Å². The molecular formula is C30H29F2N7O. The monoisotopic (exact) mass is 541 g/mol. The zero-order valence-electron chi connectivity index (χ0n) is 22.1. The van der Waals surface area contributed by atoms with Crippen LogP contribution in [0.5, 0.6) is 0 Å². The van der Waals surface area contributed by atoms with Crippen LogP contribution in [-0.2, 0) is 10.2 Å². The van der Waals surface area contributed by atoms with Crippen molar-refractivity contribution in [2.24, 2.45) is 5.73 Å². The van der Waals surface area contributed by atoms with Gasteiger partial charge in [-0.3, -0.25) is 4.98 Å². The van der Waals surface area contributed by atoms with E-state index in [0.29, 0.717) is 43.1 Å². The molecule has 1 saturated heterocycles. The summed E-state index contributed by atoms with van der Waals surface area (Å²) in [4.78, 5) is 8.76. The fourth-order valence-corrected chi connectivity index (χ4v) is 5.91. The van der Waals surface area contributed by atoms with Crippen LogP contribution < -0.4 is 11.1 Å². The summed E-state index contributed by atoms with van der Waals surface area (Å²) in [7, 11) is 0. The van der Waals surface area contributed by atoms with E-state index >= 15 is 8.78 Å². The van der Waals surface area contributed by atoms with Crippen molar-refractivity contribution in [2.75, 3.05) is 18.5 Å². The summed E-state index contributed by atoms with van der Waals surface area (Å²) in [5.74, 6) is -0.940. The van der Waals surface area contributed by atoms with Crippen molar-refractivity contribution in [3.05, 3.63) is 83.3 Å². The number of fused-ring (bicyclic) bond motifs is 1. The van der Waals surface area contributed by atoms with Crippen LogP contribution in [0, 0.1) is 23.0 Å². The maximum absolute atomic E-state index is 15.5. The Kier molecular flexibility index (Phi) is 6.78. The van der Waals surface area contributed by atoms with E-state index < -0.39 is 17.0 Å². The first-order valence-electron chi connectivity index (χ1n) is 13.3. The van der Waals surface area contributed by atoms with Crippen molar-refractivity contribution >= 4 is 17.2 Å². The SMILES string of the molecule is CC1=C[C@H](N)C[C@H](c2ccncc2Nc2ncc3ccc(-c4c(F)cc(C5(C#N)CCOCC5)cc4F)nn23)C1. The summed E-state index contributed by atoms with van der Waals surface area (Å²) in [5.41, 5.74) is 9.19. The summed E-state index contributed by atoms with van der Waals surface area (Å²) in [6.45, 7) is 2.83. The second-order valence-electron chi connectivity index (χ2n) is 10.7. The van der Waals surface area contributed by atoms with Crippen molar-refractivity contribution < 1.29 is 13.5 Å². The quantitative estimate of drug-likeness (QED) is 0.319. The van der Waals surface area contributed by atoms with Crippen molar-refractivity contribution in [1.82, 2.24) is 19.6 Å². The minimum absolute atomic E-state index is 0.0121. The van der Waals surface area contributed by atoms with E-state index in [0.717, 1.165) is 24.1 Å². The summed E-state index contributed by atoms with van der Waals surface area (Å²) < 4.78 is 37.8. The largest absolute Gasteiger partial charge is 0.381 e. The van der Waals surface area contributed by atoms with Gasteiger partial charge in [0, 0.05) is 25.5 Å². The van der Waals surface area contributed by atoms with Crippen LogP contribution in [0.2, 0.25) is 0 Å². The molecule has 0 amide bonds. The third-order valence-electron chi connectivity index (χ3n) is 7.96. The van der Waals surface area contributed by atoms with E-state index in [9.17, 15) is 5.26 Å². The summed E-state index contributed by atoms with van der Waals surface area (Å²) in [6, 6.07) is 10.0. The number of ether oxygens (including phenoxy) is 1. The third kappa shape index (κ3) is 4.72. The predicted octanol–water partition coefficient (Wildman–Crippen LogP) is 5.54. The molecular weight excluding hydrogens is 512 g/mol. The third-order valence-corrected chi connectivity index (χ3v) is 7.96. The molecule has 3 N–H and O–H groups in total. The van der Waals surface area contributed by atoms with Gasteiger partial charge in [-0.1, -0.05) is 11.6 Å². The number of aromatic nitrogens is 4. The number of nitriles is 1. The zero-order chi connectivity index (χ0) is 27.9. The maximum atomic E-state index is 15.5. The lowest BCUT2D eigenvalue weighted by atomic mass is 9.75. The number of rotatable bonds is 5. The second kappa shape index (κ2) is 10.4. The van der Waals surface area contributed by atoms with E-state index in [2.05, 4.69) is 39.5 Å². The number of nitrogens with two attached hydrogens (primary N) is 1. The molecule has 8 nitrogen and oxygen atoms in total. The molecule has 4 heterocycles. The van der Waals surface area contributed by atoms with Crippen molar-refractivity contribution in [2.45, 2.75) is 50.0 Å². The average Bonchev–Trinajstić information content (AvgIpc) is 3.34. The van der Waals surface area contributed by atoms with Gasteiger partial charge in [-0.2, -0.15) is 14.9 Å². The molecule has 6 rings (SSSR count). The molecule has 10 heteroatoms. The van der Waals surface area contributed by atoms with E-state index in [1.807, 2.05) is 6.07 Å². The number of hydrogen-bond acceptors (Lipinski definition) is 7. The first kappa shape index (κ1) is 26.0. The molecule has 0 unspecified atom stereocenters. The predicted molar refractivity (Wildman–Crippen MR) is 147 cm³/mol. The highest BCUT2D eigenvalue weighted by molar-refractivity contribution is 5.66. The molecule has 4 aromatic rings. The van der Waals surface area contributed by atoms with Gasteiger partial charge in [-0.05, 0) is 80.0 Å². The molecule has 2 aliphatic rings. The number of anilines is 2. The smallest absolute Gasteiger partial charge is 0.229 e. The van der Waals surface area contributed by atoms with E-state index in [1.165, 1.54) is 22.2 Å². The molecule has 0 spiro atoms. The van der Waals surface area contributed by atoms with Crippen LogP contribution in [0.15, 0.2) is 60.6 Å². The molecule has 40 heavy (non-hydrogen) atoms. The molecule has 0 saturated carbocycles. The van der Waals surface area contributed by atoms with Crippen LogP contribution in [0.4, 0.5) is 20.4 Å². The van der Waals surface area contributed by atoms with Crippen molar-refractivity contribution in [3.63, 3.8) is 0 Å². The molecule has 1 fully saturated rings. The summed E-state index contributed by atoms with van der Waals surface area (Å²) in [6.07, 6.45) is 9.71. The fourth-order valence-electron chi connectivity index (χ4n) is 5.91. The average molecular weight is 542 g/mol. The topological polar surface area (TPSA) is 114 Å². The number of imidazole rings is 1. The van der Waals surface area contributed by atoms with Gasteiger partial charge in [-0.15, -0.1) is 0 Å². The van der Waals surface area contributed by atoms with Crippen molar-refractivity contribution in [3.8, 4) is 17.3 Å². The molecule has 3 aromatic heterocycles. The van der Waals surface area contributed by atoms with Gasteiger partial charge >= 0.3 is 0 Å². The van der Waals surface area contributed by atoms with Crippen molar-refractivity contribution in [1.29, 1.82) is 5.26 Å².